The average molecular weight is 629 g/mol. The van der Waals surface area contributed by atoms with Gasteiger partial charge in [-0.25, -0.2) is 0 Å². The van der Waals surface area contributed by atoms with Crippen LogP contribution in [-0.2, 0) is 9.53 Å². The van der Waals surface area contributed by atoms with Crippen molar-refractivity contribution >= 4 is 5.97 Å². The van der Waals surface area contributed by atoms with E-state index in [1.165, 1.54) is 32.1 Å². The Morgan fingerprint density at radius 1 is 0.561 bits per heavy atom. The van der Waals surface area contributed by atoms with E-state index in [1.807, 2.05) is 0 Å². The maximum absolute atomic E-state index is 13.7. The van der Waals surface area contributed by atoms with Gasteiger partial charge in [0.05, 0.1) is 13.0 Å². The quantitative estimate of drug-likeness (QED) is 0.0516. The van der Waals surface area contributed by atoms with E-state index in [0.29, 0.717) is 12.8 Å². The fraction of sp³-hybridized carbons (Fsp3) is 0.885. The van der Waals surface area contributed by atoms with Crippen LogP contribution >= 0.6 is 0 Å². The van der Waals surface area contributed by atoms with Crippen LogP contribution in [0.4, 0.5) is 57.1 Å². The summed E-state index contributed by atoms with van der Waals surface area (Å²) in [7, 11) is 0. The lowest BCUT2D eigenvalue weighted by atomic mass is 9.93. The molecule has 0 aromatic carbocycles. The molecule has 0 N–H and O–H groups in total. The zero-order valence-electron chi connectivity index (χ0n) is 22.7. The Morgan fingerprint density at radius 2 is 0.976 bits per heavy atom. The van der Waals surface area contributed by atoms with Crippen molar-refractivity contribution in [3.63, 3.8) is 0 Å². The van der Waals surface area contributed by atoms with Crippen LogP contribution in [0.1, 0.15) is 103 Å². The molecule has 0 atom stereocenters. The summed E-state index contributed by atoms with van der Waals surface area (Å²) in [5, 5.41) is 0. The molecule has 0 radical (unpaired) electrons. The van der Waals surface area contributed by atoms with E-state index in [4.69, 9.17) is 0 Å². The zero-order valence-corrected chi connectivity index (χ0v) is 22.7. The summed E-state index contributed by atoms with van der Waals surface area (Å²) in [6.45, 7) is 0.451. The first-order chi connectivity index (χ1) is 18.7. The van der Waals surface area contributed by atoms with Gasteiger partial charge in [0.15, 0.2) is 0 Å². The summed E-state index contributed by atoms with van der Waals surface area (Å²) in [5.74, 6) is -38.4. The van der Waals surface area contributed by atoms with Crippen LogP contribution < -0.4 is 0 Å². The topological polar surface area (TPSA) is 26.3 Å². The standard InChI is InChI=1S/C26H37F13O2/c1-2-3-4-5-6-7-8-9-10-11-12-13-14-15-16-17-20(40)41-19-18-21(27,28)22(29,30)23(31,32)24(33,34)25(35,36)26(37,38)39/h9-10H,2-8,11-19H2,1H3. The maximum atomic E-state index is 13.7. The molecule has 0 bridgehead atoms. The molecule has 0 spiro atoms. The number of carbonyl (C=O) groups excluding carboxylic acids is 1. The van der Waals surface area contributed by atoms with Gasteiger partial charge in [-0.3, -0.25) is 4.79 Å². The highest BCUT2D eigenvalue weighted by Gasteiger charge is 2.90. The molecule has 0 unspecified atom stereocenters. The predicted octanol–water partition coefficient (Wildman–Crippen LogP) is 10.7. The van der Waals surface area contributed by atoms with Gasteiger partial charge in [-0.15, -0.1) is 0 Å². The molecule has 0 amide bonds. The van der Waals surface area contributed by atoms with Gasteiger partial charge in [-0.05, 0) is 32.1 Å². The minimum atomic E-state index is -7.94. The van der Waals surface area contributed by atoms with Gasteiger partial charge in [0, 0.05) is 6.42 Å². The van der Waals surface area contributed by atoms with Gasteiger partial charge in [0.2, 0.25) is 0 Å². The van der Waals surface area contributed by atoms with Crippen molar-refractivity contribution in [1.82, 2.24) is 0 Å². The van der Waals surface area contributed by atoms with Crippen molar-refractivity contribution in [3.8, 4) is 0 Å². The van der Waals surface area contributed by atoms with Crippen molar-refractivity contribution in [2.45, 2.75) is 139 Å². The first kappa shape index (κ1) is 39.3. The number of rotatable bonds is 22. The number of ether oxygens (including phenoxy) is 1. The normalized spacial score (nSPS) is 14.2. The van der Waals surface area contributed by atoms with Crippen molar-refractivity contribution < 1.29 is 66.6 Å². The molecule has 0 aromatic rings. The van der Waals surface area contributed by atoms with Crippen molar-refractivity contribution in [2.75, 3.05) is 6.61 Å². The number of halogens is 13. The number of allylic oxidation sites excluding steroid dienone is 2. The number of unbranched alkanes of at least 4 members (excludes halogenated alkanes) is 11. The first-order valence-corrected chi connectivity index (χ1v) is 13.5. The van der Waals surface area contributed by atoms with E-state index in [0.717, 1.165) is 32.1 Å². The van der Waals surface area contributed by atoms with E-state index in [9.17, 15) is 61.9 Å². The molecule has 0 aliphatic rings. The number of hydrogen-bond donors (Lipinski definition) is 0. The second-order valence-corrected chi connectivity index (χ2v) is 9.80. The smallest absolute Gasteiger partial charge is 0.460 e. The fourth-order valence-corrected chi connectivity index (χ4v) is 3.66. The highest BCUT2D eigenvalue weighted by atomic mass is 19.4. The molecule has 2 nitrogen and oxygen atoms in total. The highest BCUT2D eigenvalue weighted by molar-refractivity contribution is 5.69. The van der Waals surface area contributed by atoms with Crippen LogP contribution in [0.5, 0.6) is 0 Å². The average Bonchev–Trinajstić information content (AvgIpc) is 2.85. The van der Waals surface area contributed by atoms with Gasteiger partial charge < -0.3 is 4.74 Å². The molecular weight excluding hydrogens is 591 g/mol. The summed E-state index contributed by atoms with van der Waals surface area (Å²) >= 11 is 0. The SMILES string of the molecule is CCCCCCCCC=CCCCCCCCC(=O)OCCC(F)(F)C(F)(F)C(F)(F)C(F)(F)C(F)(F)C(F)(F)F. The second-order valence-electron chi connectivity index (χ2n) is 9.80. The summed E-state index contributed by atoms with van der Waals surface area (Å²) in [4.78, 5) is 11.6. The molecule has 244 valence electrons. The lowest BCUT2D eigenvalue weighted by Crippen LogP contribution is -2.70. The highest BCUT2D eigenvalue weighted by Crippen LogP contribution is 2.60. The minimum Gasteiger partial charge on any atom is -0.465 e. The molecule has 0 rings (SSSR count). The lowest BCUT2D eigenvalue weighted by molar-refractivity contribution is -0.440. The summed E-state index contributed by atoms with van der Waals surface area (Å²) in [5.41, 5.74) is 0. The number of carbonyl (C=O) groups is 1. The molecule has 0 saturated carbocycles. The zero-order chi connectivity index (χ0) is 32.0. The van der Waals surface area contributed by atoms with Gasteiger partial charge in [-0.1, -0.05) is 70.4 Å². The molecule has 0 aromatic heterocycles. The molecule has 0 fully saturated rings. The first-order valence-electron chi connectivity index (χ1n) is 13.5. The Kier molecular flexibility index (Phi) is 16.1. The molecule has 0 heterocycles. The number of hydrogen-bond acceptors (Lipinski definition) is 2. The van der Waals surface area contributed by atoms with Gasteiger partial charge in [-0.2, -0.15) is 57.1 Å². The van der Waals surface area contributed by atoms with E-state index in [2.05, 4.69) is 23.8 Å². The molecule has 15 heteroatoms. The molecule has 0 aliphatic heterocycles. The molecular formula is C26H37F13O2. The maximum Gasteiger partial charge on any atom is 0.460 e. The third-order valence-corrected chi connectivity index (χ3v) is 6.32. The predicted molar refractivity (Wildman–Crippen MR) is 126 cm³/mol. The Bertz CT molecular complexity index is 778. The lowest BCUT2D eigenvalue weighted by Gasteiger charge is -2.39. The van der Waals surface area contributed by atoms with Crippen molar-refractivity contribution in [2.24, 2.45) is 0 Å². The Balaban J connectivity index is 4.40. The Hall–Kier alpha value is -1.70. The van der Waals surface area contributed by atoms with Crippen LogP contribution in [0.3, 0.4) is 0 Å². The Morgan fingerprint density at radius 3 is 1.44 bits per heavy atom. The van der Waals surface area contributed by atoms with E-state index >= 15 is 0 Å². The summed E-state index contributed by atoms with van der Waals surface area (Å²) < 4.78 is 174. The fourth-order valence-electron chi connectivity index (χ4n) is 3.66. The van der Waals surface area contributed by atoms with E-state index in [1.54, 1.807) is 0 Å². The molecule has 0 aliphatic carbocycles. The molecule has 41 heavy (non-hydrogen) atoms. The number of esters is 1. The van der Waals surface area contributed by atoms with E-state index in [-0.39, 0.29) is 12.8 Å². The monoisotopic (exact) mass is 628 g/mol. The second kappa shape index (κ2) is 16.8. The van der Waals surface area contributed by atoms with Gasteiger partial charge >= 0.3 is 41.8 Å². The van der Waals surface area contributed by atoms with Crippen LogP contribution in [-0.4, -0.2) is 48.4 Å². The van der Waals surface area contributed by atoms with Crippen molar-refractivity contribution in [3.05, 3.63) is 12.2 Å². The van der Waals surface area contributed by atoms with Crippen LogP contribution in [0.25, 0.3) is 0 Å². The van der Waals surface area contributed by atoms with Crippen molar-refractivity contribution in [1.29, 1.82) is 0 Å². The number of alkyl halides is 13. The van der Waals surface area contributed by atoms with Crippen LogP contribution in [0.15, 0.2) is 12.2 Å². The van der Waals surface area contributed by atoms with Gasteiger partial charge in [0.25, 0.3) is 0 Å². The molecule has 0 saturated heterocycles. The van der Waals surface area contributed by atoms with Gasteiger partial charge in [0.1, 0.15) is 0 Å². The Labute approximate surface area is 231 Å². The third-order valence-electron chi connectivity index (χ3n) is 6.32. The van der Waals surface area contributed by atoms with Crippen LogP contribution in [0, 0.1) is 0 Å². The van der Waals surface area contributed by atoms with Crippen LogP contribution in [0.2, 0.25) is 0 Å². The summed E-state index contributed by atoms with van der Waals surface area (Å²) in [6, 6.07) is 0. The largest absolute Gasteiger partial charge is 0.465 e. The summed E-state index contributed by atoms with van der Waals surface area (Å²) in [6.07, 6.45) is 6.13. The van der Waals surface area contributed by atoms with E-state index < -0.39 is 54.8 Å². The third kappa shape index (κ3) is 11.1. The minimum absolute atomic E-state index is 0.204.